The number of ether oxygens (including phenoxy) is 2. The Morgan fingerprint density at radius 2 is 1.64 bits per heavy atom. The minimum absolute atomic E-state index is 0.127. The summed E-state index contributed by atoms with van der Waals surface area (Å²) in [4.78, 5) is 12.6. The number of hydrogen-bond acceptors (Lipinski definition) is 4. The van der Waals surface area contributed by atoms with E-state index in [0.717, 1.165) is 5.01 Å². The molecule has 0 atom stereocenters. The summed E-state index contributed by atoms with van der Waals surface area (Å²) in [5.74, 6) is 0.422. The van der Waals surface area contributed by atoms with Crippen LogP contribution in [0.2, 0.25) is 10.0 Å². The predicted molar refractivity (Wildman–Crippen MR) is 103 cm³/mol. The number of carbonyl (C=O) groups excluding carboxylic acids is 1. The van der Waals surface area contributed by atoms with E-state index in [-0.39, 0.29) is 26.4 Å². The maximum Gasteiger partial charge on any atom is 0.270 e. The van der Waals surface area contributed by atoms with Crippen LogP contribution in [0.15, 0.2) is 36.4 Å². The van der Waals surface area contributed by atoms with Gasteiger partial charge in [-0.05, 0) is 36.5 Å². The number of para-hydroxylation sites is 1. The molecule has 1 amide bonds. The molecule has 0 saturated heterocycles. The molecular weight excluding hydrogens is 385 g/mol. The van der Waals surface area contributed by atoms with Gasteiger partial charge in [0.2, 0.25) is 0 Å². The third kappa shape index (κ3) is 4.45. The average molecular weight is 400 g/mol. The molecule has 0 spiro atoms. The Morgan fingerprint density at radius 1 is 1.12 bits per heavy atom. The van der Waals surface area contributed by atoms with Crippen molar-refractivity contribution in [1.29, 1.82) is 0 Å². The molecule has 0 heterocycles. The van der Waals surface area contributed by atoms with Gasteiger partial charge in [0.1, 0.15) is 17.2 Å². The zero-order chi connectivity index (χ0) is 18.6. The standard InChI is InChI=1S/C16H15Cl2N3O3S/c1-23-10-6-9(7-11(8-10)24-2)15(22)20-21(16(19)25)14-12(17)4-3-5-13(14)18/h3-8H,1-2H3,(H2,19,25)(H,20,22). The fourth-order valence-corrected chi connectivity index (χ4v) is 2.73. The molecule has 2 rings (SSSR count). The SMILES string of the molecule is COc1cc(OC)cc(C(=O)NN(C(N)=S)c2c(Cl)cccc2Cl)c1. The highest BCUT2D eigenvalue weighted by Gasteiger charge is 2.20. The zero-order valence-corrected chi connectivity index (χ0v) is 15.7. The molecule has 0 aliphatic carbocycles. The summed E-state index contributed by atoms with van der Waals surface area (Å²) in [6.07, 6.45) is 0. The summed E-state index contributed by atoms with van der Waals surface area (Å²) < 4.78 is 10.3. The number of amides is 1. The summed E-state index contributed by atoms with van der Waals surface area (Å²) in [7, 11) is 2.97. The van der Waals surface area contributed by atoms with Crippen molar-refractivity contribution in [3.05, 3.63) is 52.0 Å². The van der Waals surface area contributed by atoms with Crippen molar-refractivity contribution in [2.75, 3.05) is 19.2 Å². The highest BCUT2D eigenvalue weighted by atomic mass is 35.5. The number of carbonyl (C=O) groups is 1. The monoisotopic (exact) mass is 399 g/mol. The van der Waals surface area contributed by atoms with E-state index in [0.29, 0.717) is 11.5 Å². The minimum Gasteiger partial charge on any atom is -0.497 e. The van der Waals surface area contributed by atoms with Crippen molar-refractivity contribution in [2.45, 2.75) is 0 Å². The first-order valence-electron chi connectivity index (χ1n) is 6.95. The molecule has 132 valence electrons. The number of nitrogens with two attached hydrogens (primary N) is 1. The van der Waals surface area contributed by atoms with E-state index in [4.69, 9.17) is 50.6 Å². The van der Waals surface area contributed by atoms with Crippen molar-refractivity contribution in [3.63, 3.8) is 0 Å². The van der Waals surface area contributed by atoms with Crippen LogP contribution in [0.3, 0.4) is 0 Å². The Hall–Kier alpha value is -2.22. The maximum absolute atomic E-state index is 12.6. The van der Waals surface area contributed by atoms with Gasteiger partial charge < -0.3 is 15.2 Å². The van der Waals surface area contributed by atoms with Crippen LogP contribution in [-0.2, 0) is 0 Å². The van der Waals surface area contributed by atoms with Gasteiger partial charge in [0.05, 0.1) is 24.3 Å². The van der Waals surface area contributed by atoms with Gasteiger partial charge in [-0.25, -0.2) is 5.01 Å². The number of hydrazine groups is 1. The normalized spacial score (nSPS) is 10.1. The second-order valence-corrected chi connectivity index (χ2v) is 6.02. The Balaban J connectivity index is 2.38. The lowest BCUT2D eigenvalue weighted by atomic mass is 10.2. The van der Waals surface area contributed by atoms with E-state index in [1.807, 2.05) is 0 Å². The van der Waals surface area contributed by atoms with Crippen molar-refractivity contribution in [3.8, 4) is 11.5 Å². The quantitative estimate of drug-likeness (QED) is 0.605. The number of nitrogens with one attached hydrogen (secondary N) is 1. The van der Waals surface area contributed by atoms with Crippen molar-refractivity contribution in [2.24, 2.45) is 5.73 Å². The van der Waals surface area contributed by atoms with E-state index in [1.54, 1.807) is 36.4 Å². The molecule has 0 bridgehead atoms. The maximum atomic E-state index is 12.6. The predicted octanol–water partition coefficient (Wildman–Crippen LogP) is 3.41. The number of thiocarbonyl (C=S) groups is 1. The van der Waals surface area contributed by atoms with E-state index >= 15 is 0 Å². The third-order valence-corrected chi connectivity index (χ3v) is 4.00. The van der Waals surface area contributed by atoms with E-state index < -0.39 is 5.91 Å². The van der Waals surface area contributed by atoms with Crippen LogP contribution in [0.5, 0.6) is 11.5 Å². The molecule has 0 aliphatic rings. The molecular formula is C16H15Cl2N3O3S. The summed E-state index contributed by atoms with van der Waals surface area (Å²) >= 11 is 17.3. The van der Waals surface area contributed by atoms with Gasteiger partial charge in [0.25, 0.3) is 5.91 Å². The number of benzene rings is 2. The fraction of sp³-hybridized carbons (Fsp3) is 0.125. The second-order valence-electron chi connectivity index (χ2n) is 4.79. The molecule has 25 heavy (non-hydrogen) atoms. The molecule has 0 fully saturated rings. The lowest BCUT2D eigenvalue weighted by molar-refractivity contribution is 0.0954. The number of methoxy groups -OCH3 is 2. The topological polar surface area (TPSA) is 76.8 Å². The molecule has 0 aliphatic heterocycles. The largest absolute Gasteiger partial charge is 0.497 e. The number of halogens is 2. The molecule has 6 nitrogen and oxygen atoms in total. The smallest absolute Gasteiger partial charge is 0.270 e. The number of nitrogens with zero attached hydrogens (tertiary/aromatic N) is 1. The molecule has 0 aromatic heterocycles. The highest BCUT2D eigenvalue weighted by Crippen LogP contribution is 2.32. The molecule has 2 aromatic rings. The first-order valence-corrected chi connectivity index (χ1v) is 8.11. The van der Waals surface area contributed by atoms with Gasteiger partial charge in [-0.2, -0.15) is 0 Å². The van der Waals surface area contributed by atoms with Crippen LogP contribution >= 0.6 is 35.4 Å². The first kappa shape index (κ1) is 19.1. The van der Waals surface area contributed by atoms with Crippen LogP contribution in [0, 0.1) is 0 Å². The van der Waals surface area contributed by atoms with Gasteiger partial charge in [0, 0.05) is 11.6 Å². The summed E-state index contributed by atoms with van der Waals surface area (Å²) in [6, 6.07) is 9.62. The lowest BCUT2D eigenvalue weighted by Gasteiger charge is -2.25. The van der Waals surface area contributed by atoms with Crippen LogP contribution in [0.4, 0.5) is 5.69 Å². The van der Waals surface area contributed by atoms with Gasteiger partial charge in [-0.1, -0.05) is 29.3 Å². The highest BCUT2D eigenvalue weighted by molar-refractivity contribution is 7.80. The fourth-order valence-electron chi connectivity index (χ4n) is 2.03. The minimum atomic E-state index is -0.499. The van der Waals surface area contributed by atoms with E-state index in [2.05, 4.69) is 5.43 Å². The average Bonchev–Trinajstić information content (AvgIpc) is 2.59. The Labute approximate surface area is 160 Å². The van der Waals surface area contributed by atoms with Crippen molar-refractivity contribution < 1.29 is 14.3 Å². The Bertz CT molecular complexity index is 775. The third-order valence-electron chi connectivity index (χ3n) is 3.21. The molecule has 3 N–H and O–H groups in total. The van der Waals surface area contributed by atoms with Crippen molar-refractivity contribution >= 4 is 52.1 Å². The van der Waals surface area contributed by atoms with Gasteiger partial charge in [-0.15, -0.1) is 0 Å². The number of rotatable bonds is 4. The molecule has 9 heteroatoms. The summed E-state index contributed by atoms with van der Waals surface area (Å²) in [5.41, 5.74) is 8.86. The summed E-state index contributed by atoms with van der Waals surface area (Å²) in [6.45, 7) is 0. The number of anilines is 1. The van der Waals surface area contributed by atoms with E-state index in [1.165, 1.54) is 14.2 Å². The Morgan fingerprint density at radius 3 is 2.08 bits per heavy atom. The molecule has 2 aromatic carbocycles. The van der Waals surface area contributed by atoms with Gasteiger partial charge in [0.15, 0.2) is 5.11 Å². The number of hydrogen-bond donors (Lipinski definition) is 2. The van der Waals surface area contributed by atoms with Gasteiger partial charge >= 0.3 is 0 Å². The van der Waals surface area contributed by atoms with Crippen LogP contribution in [0.25, 0.3) is 0 Å². The van der Waals surface area contributed by atoms with E-state index in [9.17, 15) is 4.79 Å². The molecule has 0 unspecified atom stereocenters. The van der Waals surface area contributed by atoms with Crippen molar-refractivity contribution in [1.82, 2.24) is 5.43 Å². The van der Waals surface area contributed by atoms with Crippen LogP contribution < -0.4 is 25.6 Å². The molecule has 0 saturated carbocycles. The summed E-state index contributed by atoms with van der Waals surface area (Å²) in [5, 5.41) is 1.58. The lowest BCUT2D eigenvalue weighted by Crippen LogP contribution is -2.49. The first-order chi connectivity index (χ1) is 11.9. The zero-order valence-electron chi connectivity index (χ0n) is 13.4. The van der Waals surface area contributed by atoms with Crippen LogP contribution in [0.1, 0.15) is 10.4 Å². The molecule has 0 radical (unpaired) electrons. The van der Waals surface area contributed by atoms with Crippen LogP contribution in [-0.4, -0.2) is 25.2 Å². The van der Waals surface area contributed by atoms with Gasteiger partial charge in [-0.3, -0.25) is 10.2 Å². The Kier molecular flexibility index (Phi) is 6.30. The second kappa shape index (κ2) is 8.24.